The molecule has 2 amide bonds. The molecular formula is C41H48N2O10. The molecule has 2 aromatic carbocycles. The van der Waals surface area contributed by atoms with Crippen LogP contribution in [-0.2, 0) is 28.5 Å². The molecule has 5 fully saturated rings. The van der Waals surface area contributed by atoms with Gasteiger partial charge >= 0.3 is 24.1 Å². The van der Waals surface area contributed by atoms with Crippen molar-refractivity contribution in [3.8, 4) is 0 Å². The van der Waals surface area contributed by atoms with Crippen molar-refractivity contribution in [2.75, 3.05) is 13.2 Å². The predicted octanol–water partition coefficient (Wildman–Crippen LogP) is 6.21. The van der Waals surface area contributed by atoms with Crippen molar-refractivity contribution in [3.63, 3.8) is 0 Å². The molecule has 0 aromatic heterocycles. The molecule has 3 saturated carbocycles. The molecule has 5 aliphatic rings. The zero-order valence-corrected chi connectivity index (χ0v) is 31.2. The van der Waals surface area contributed by atoms with Crippen LogP contribution < -0.4 is 0 Å². The molecule has 8 atom stereocenters. The summed E-state index contributed by atoms with van der Waals surface area (Å²) in [5.74, 6) is -0.773. The number of Topliss-reactive ketones (excluding diaryl/α,β-unsaturated/α-hetero) is 2. The quantitative estimate of drug-likeness (QED) is 0.157. The van der Waals surface area contributed by atoms with Crippen LogP contribution in [0.2, 0.25) is 0 Å². The molecule has 0 N–H and O–H groups in total. The third kappa shape index (κ3) is 8.11. The molecule has 12 nitrogen and oxygen atoms in total. The summed E-state index contributed by atoms with van der Waals surface area (Å²) in [6.45, 7) is 9.86. The van der Waals surface area contributed by atoms with Gasteiger partial charge in [-0.05, 0) is 108 Å². The van der Waals surface area contributed by atoms with Gasteiger partial charge in [-0.2, -0.15) is 0 Å². The summed E-state index contributed by atoms with van der Waals surface area (Å²) in [4.78, 5) is 80.1. The summed E-state index contributed by atoms with van der Waals surface area (Å²) in [5.41, 5.74) is 1.67. The molecule has 2 heterocycles. The fraction of sp³-hybridized carbons (Fsp3) is 0.561. The molecule has 0 spiro atoms. The molecule has 282 valence electrons. The van der Waals surface area contributed by atoms with Crippen molar-refractivity contribution < 1.29 is 47.7 Å². The molecule has 0 bridgehead atoms. The highest BCUT2D eigenvalue weighted by molar-refractivity contribution is 5.99. The van der Waals surface area contributed by atoms with Crippen molar-refractivity contribution in [1.29, 1.82) is 0 Å². The maximum atomic E-state index is 12.9. The molecule has 2 saturated heterocycles. The summed E-state index contributed by atoms with van der Waals surface area (Å²) in [6.07, 6.45) is 2.59. The number of benzene rings is 2. The zero-order chi connectivity index (χ0) is 38.0. The van der Waals surface area contributed by atoms with Crippen molar-refractivity contribution >= 4 is 35.7 Å². The van der Waals surface area contributed by atoms with Crippen molar-refractivity contribution in [1.82, 2.24) is 9.80 Å². The molecular weight excluding hydrogens is 680 g/mol. The van der Waals surface area contributed by atoms with Gasteiger partial charge in [-0.3, -0.25) is 19.4 Å². The number of nitrogens with zero attached hydrogens (tertiary/aromatic N) is 2. The van der Waals surface area contributed by atoms with E-state index in [1.54, 1.807) is 65.8 Å². The maximum Gasteiger partial charge on any atom is 0.411 e. The third-order valence-electron chi connectivity index (χ3n) is 10.8. The SMILES string of the molecule is CC(C)(C)OC(=O)N1[C@@H]2C[C@@H]2C[C@H]1C(=O)OCC(=O)c1ccc([C@H]2C[C@H]2c2ccc(C(=O)COC(=O)[C@@H]3C[C@H]4C[C@H]4N3C(=O)OC(C)(C)C)cc2)cc1. The number of carbonyl (C=O) groups is 6. The van der Waals surface area contributed by atoms with Crippen LogP contribution in [0.5, 0.6) is 0 Å². The van der Waals surface area contributed by atoms with Gasteiger partial charge in [0.2, 0.25) is 0 Å². The summed E-state index contributed by atoms with van der Waals surface area (Å²) in [5, 5.41) is 0. The first-order valence-corrected chi connectivity index (χ1v) is 18.6. The number of esters is 2. The summed E-state index contributed by atoms with van der Waals surface area (Å²) < 4.78 is 21.8. The number of likely N-dealkylation sites (tertiary alicyclic amines) is 2. The van der Waals surface area contributed by atoms with E-state index < -0.39 is 60.6 Å². The second-order valence-corrected chi connectivity index (χ2v) is 17.2. The topological polar surface area (TPSA) is 146 Å². The first-order chi connectivity index (χ1) is 25.0. The molecule has 3 aliphatic carbocycles. The van der Waals surface area contributed by atoms with E-state index in [2.05, 4.69) is 0 Å². The largest absolute Gasteiger partial charge is 0.456 e. The maximum absolute atomic E-state index is 12.9. The zero-order valence-electron chi connectivity index (χ0n) is 31.2. The number of fused-ring (bicyclic) bond motifs is 2. The lowest BCUT2D eigenvalue weighted by Crippen LogP contribution is -2.46. The van der Waals surface area contributed by atoms with E-state index in [1.807, 2.05) is 24.3 Å². The Hall–Kier alpha value is -4.74. The second kappa shape index (κ2) is 13.6. The Morgan fingerprint density at radius 1 is 0.547 bits per heavy atom. The number of hydrogen-bond donors (Lipinski definition) is 0. The van der Waals surface area contributed by atoms with Crippen LogP contribution in [0.4, 0.5) is 9.59 Å². The van der Waals surface area contributed by atoms with E-state index in [-0.39, 0.29) is 47.3 Å². The molecule has 7 rings (SSSR count). The normalized spacial score (nSPS) is 28.0. The molecule has 0 radical (unpaired) electrons. The van der Waals surface area contributed by atoms with Crippen LogP contribution in [0.3, 0.4) is 0 Å². The minimum atomic E-state index is -0.744. The number of hydrogen-bond acceptors (Lipinski definition) is 10. The minimum absolute atomic E-state index is 0.0119. The number of ketones is 2. The Morgan fingerprint density at radius 2 is 0.906 bits per heavy atom. The minimum Gasteiger partial charge on any atom is -0.456 e. The van der Waals surface area contributed by atoms with Gasteiger partial charge in [0.05, 0.1) is 0 Å². The van der Waals surface area contributed by atoms with E-state index in [4.69, 9.17) is 18.9 Å². The van der Waals surface area contributed by atoms with Gasteiger partial charge in [0.25, 0.3) is 0 Å². The first kappa shape index (κ1) is 36.6. The number of amides is 2. The molecule has 0 unspecified atom stereocenters. The molecule has 53 heavy (non-hydrogen) atoms. The summed E-state index contributed by atoms with van der Waals surface area (Å²) in [7, 11) is 0. The Labute approximate surface area is 309 Å². The predicted molar refractivity (Wildman–Crippen MR) is 190 cm³/mol. The van der Waals surface area contributed by atoms with E-state index in [0.717, 1.165) is 30.4 Å². The standard InChI is InChI=1S/C41H48N2O10/c1-40(2,3)52-38(48)42-30-15-26(30)17-32(42)36(46)50-20-34(44)24-11-7-22(8-12-24)28-19-29(28)23-9-13-25(14-10-23)35(45)21-51-37(47)33-18-27-16-31(27)43(33)39(49)53-41(4,5)6/h7-14,26-33H,15-21H2,1-6H3/t26-,27-,28-,29+,30-,31-,32+,33+/m1/s1. The monoisotopic (exact) mass is 728 g/mol. The van der Waals surface area contributed by atoms with Gasteiger partial charge in [0.15, 0.2) is 24.8 Å². The van der Waals surface area contributed by atoms with Crippen molar-refractivity contribution in [3.05, 3.63) is 70.8 Å². The molecule has 2 aliphatic heterocycles. The Bertz CT molecular complexity index is 1680. The number of carbonyl (C=O) groups excluding carboxylic acids is 6. The van der Waals surface area contributed by atoms with Crippen LogP contribution in [-0.4, -0.2) is 94.1 Å². The van der Waals surface area contributed by atoms with E-state index in [1.165, 1.54) is 9.80 Å². The van der Waals surface area contributed by atoms with E-state index in [0.29, 0.717) is 24.0 Å². The van der Waals surface area contributed by atoms with Crippen LogP contribution >= 0.6 is 0 Å². The van der Waals surface area contributed by atoms with Gasteiger partial charge < -0.3 is 18.9 Å². The van der Waals surface area contributed by atoms with Gasteiger partial charge in [-0.15, -0.1) is 0 Å². The number of rotatable bonds is 10. The van der Waals surface area contributed by atoms with Crippen LogP contribution in [0.15, 0.2) is 48.5 Å². The fourth-order valence-electron chi connectivity index (χ4n) is 7.88. The Kier molecular flexibility index (Phi) is 9.39. The van der Waals surface area contributed by atoms with Crippen molar-refractivity contribution in [2.24, 2.45) is 11.8 Å². The van der Waals surface area contributed by atoms with Gasteiger partial charge in [0, 0.05) is 23.2 Å². The van der Waals surface area contributed by atoms with Gasteiger partial charge in [-0.1, -0.05) is 48.5 Å². The average Bonchev–Trinajstić information content (AvgIpc) is 4.06. The Balaban J connectivity index is 0.863. The fourth-order valence-corrected chi connectivity index (χ4v) is 7.88. The highest BCUT2D eigenvalue weighted by Crippen LogP contribution is 2.54. The van der Waals surface area contributed by atoms with Crippen molar-refractivity contribution in [2.45, 2.75) is 121 Å². The van der Waals surface area contributed by atoms with Gasteiger partial charge in [0.1, 0.15) is 23.3 Å². The first-order valence-electron chi connectivity index (χ1n) is 18.6. The lowest BCUT2D eigenvalue weighted by atomic mass is 10.0. The van der Waals surface area contributed by atoms with E-state index >= 15 is 0 Å². The highest BCUT2D eigenvalue weighted by Gasteiger charge is 2.59. The highest BCUT2D eigenvalue weighted by atomic mass is 16.6. The summed E-state index contributed by atoms with van der Waals surface area (Å²) in [6, 6.07) is 13.1. The molecule has 12 heteroatoms. The lowest BCUT2D eigenvalue weighted by Gasteiger charge is -2.29. The van der Waals surface area contributed by atoms with Crippen LogP contribution in [0, 0.1) is 11.8 Å². The van der Waals surface area contributed by atoms with Gasteiger partial charge in [-0.25, -0.2) is 19.2 Å². The van der Waals surface area contributed by atoms with E-state index in [9.17, 15) is 28.8 Å². The molecule has 2 aromatic rings. The van der Waals surface area contributed by atoms with Crippen LogP contribution in [0.1, 0.15) is 117 Å². The lowest BCUT2D eigenvalue weighted by molar-refractivity contribution is -0.148. The second-order valence-electron chi connectivity index (χ2n) is 17.2. The number of ether oxygens (including phenoxy) is 4. The summed E-state index contributed by atoms with van der Waals surface area (Å²) >= 11 is 0. The number of piperidine rings is 2. The smallest absolute Gasteiger partial charge is 0.411 e. The van der Waals surface area contributed by atoms with Crippen LogP contribution in [0.25, 0.3) is 0 Å². The Morgan fingerprint density at radius 3 is 1.25 bits per heavy atom. The average molecular weight is 729 g/mol. The third-order valence-corrected chi connectivity index (χ3v) is 10.8.